The van der Waals surface area contributed by atoms with E-state index in [1.54, 1.807) is 14.4 Å². The van der Waals surface area contributed by atoms with Crippen molar-refractivity contribution in [2.24, 2.45) is 11.8 Å². The normalized spacial score (nSPS) is 17.2. The molecule has 0 aromatic heterocycles. The molecule has 1 rings (SSSR count). The van der Waals surface area contributed by atoms with E-state index in [1.165, 1.54) is 0 Å². The first-order valence-electron chi connectivity index (χ1n) is 8.04. The van der Waals surface area contributed by atoms with Gasteiger partial charge in [0.25, 0.3) is 0 Å². The second-order valence-electron chi connectivity index (χ2n) is 7.38. The predicted molar refractivity (Wildman–Crippen MR) is 90.5 cm³/mol. The average molecular weight is 373 g/mol. The third-order valence-electron chi connectivity index (χ3n) is 4.64. The van der Waals surface area contributed by atoms with E-state index in [4.69, 9.17) is 0 Å². The van der Waals surface area contributed by atoms with E-state index < -0.39 is 21.1 Å². The van der Waals surface area contributed by atoms with Crippen LogP contribution in [0.15, 0.2) is 20.5 Å². The second-order valence-corrected chi connectivity index (χ2v) is 18.6. The van der Waals surface area contributed by atoms with Gasteiger partial charge in [-0.25, -0.2) is 0 Å². The van der Waals surface area contributed by atoms with Crippen molar-refractivity contribution in [3.8, 4) is 0 Å². The fourth-order valence-corrected chi connectivity index (χ4v) is 16.9. The molecule has 0 radical (unpaired) electrons. The van der Waals surface area contributed by atoms with Gasteiger partial charge in [-0.05, 0) is 0 Å². The van der Waals surface area contributed by atoms with E-state index in [2.05, 4.69) is 84.6 Å². The molecule has 0 N–H and O–H groups in total. The van der Waals surface area contributed by atoms with Gasteiger partial charge in [-0.1, -0.05) is 0 Å². The van der Waals surface area contributed by atoms with Crippen LogP contribution in [0.1, 0.15) is 34.1 Å². The molecule has 21 heavy (non-hydrogen) atoms. The molecule has 0 bridgehead atoms. The molecule has 1 aliphatic rings. The quantitative estimate of drug-likeness (QED) is 0.707. The Hall–Kier alpha value is 0.243. The van der Waals surface area contributed by atoms with Crippen molar-refractivity contribution >= 4 is 0 Å². The zero-order valence-electron chi connectivity index (χ0n) is 15.8. The fourth-order valence-electron chi connectivity index (χ4n) is 4.16. The second kappa shape index (κ2) is 7.21. The fraction of sp³-hybridized carbons (Fsp3) is 0.765. The first-order valence-corrected chi connectivity index (χ1v) is 12.6. The van der Waals surface area contributed by atoms with Gasteiger partial charge in [-0.15, -0.1) is 0 Å². The number of hydrogen-bond donors (Lipinski definition) is 0. The van der Waals surface area contributed by atoms with Gasteiger partial charge in [-0.3, -0.25) is 0 Å². The van der Waals surface area contributed by atoms with E-state index in [0.717, 1.165) is 6.42 Å². The maximum atomic E-state index is 2.55. The first kappa shape index (κ1) is 19.3. The zero-order chi connectivity index (χ0) is 16.5. The molecule has 122 valence electrons. The van der Waals surface area contributed by atoms with E-state index >= 15 is 0 Å². The first-order chi connectivity index (χ1) is 9.58. The Morgan fingerprint density at radius 1 is 0.810 bits per heavy atom. The molecule has 4 heteroatoms. The molecule has 0 heterocycles. The summed E-state index contributed by atoms with van der Waals surface area (Å²) in [6.45, 7) is 9.37. The Balaban J connectivity index is 3.57. The molecular formula is C17H35N3Zr. The monoisotopic (exact) mass is 371 g/mol. The summed E-state index contributed by atoms with van der Waals surface area (Å²) >= 11 is -2.91. The van der Waals surface area contributed by atoms with Crippen LogP contribution in [0.4, 0.5) is 0 Å². The van der Waals surface area contributed by atoms with Crippen molar-refractivity contribution in [1.82, 2.24) is 8.53 Å². The summed E-state index contributed by atoms with van der Waals surface area (Å²) in [7, 11) is 13.6. The molecular weight excluding hydrogens is 337 g/mol. The summed E-state index contributed by atoms with van der Waals surface area (Å²) in [4.78, 5) is 0. The van der Waals surface area contributed by atoms with Gasteiger partial charge in [0, 0.05) is 0 Å². The average Bonchev–Trinajstić information content (AvgIpc) is 2.73. The van der Waals surface area contributed by atoms with Crippen molar-refractivity contribution in [3.63, 3.8) is 0 Å². The van der Waals surface area contributed by atoms with E-state index in [9.17, 15) is 0 Å². The number of hydrogen-bond acceptors (Lipinski definition) is 3. The third-order valence-corrected chi connectivity index (χ3v) is 17.0. The Labute approximate surface area is 138 Å². The molecule has 3 nitrogen and oxygen atoms in total. The van der Waals surface area contributed by atoms with E-state index in [-0.39, 0.29) is 0 Å². The van der Waals surface area contributed by atoms with Gasteiger partial charge in [0.1, 0.15) is 0 Å². The number of rotatable bonds is 6. The summed E-state index contributed by atoms with van der Waals surface area (Å²) in [5.74, 6) is 1.22. The minimum absolute atomic E-state index is 0.604. The zero-order valence-corrected chi connectivity index (χ0v) is 18.2. The van der Waals surface area contributed by atoms with Crippen LogP contribution in [0, 0.1) is 11.8 Å². The van der Waals surface area contributed by atoms with Crippen LogP contribution >= 0.6 is 0 Å². The van der Waals surface area contributed by atoms with Gasteiger partial charge >= 0.3 is 138 Å². The standard InChI is InChI=1S/C11H17.3C2H6N.Zr/c1-8(2)10-6-5-7-11(10)9(3)4;3*1-3-2;/h6,8-9H,5H2,1-4H3;3*1-2H3;/q;3*-1;+3. The minimum atomic E-state index is -2.91. The number of nitrogens with zero attached hydrogens (tertiary/aromatic N) is 3. The van der Waals surface area contributed by atoms with Crippen LogP contribution in [0.3, 0.4) is 0 Å². The summed E-state index contributed by atoms with van der Waals surface area (Å²) < 4.78 is 9.37. The van der Waals surface area contributed by atoms with Gasteiger partial charge in [0.15, 0.2) is 0 Å². The van der Waals surface area contributed by atoms with Crippen LogP contribution in [0.2, 0.25) is 0 Å². The summed E-state index contributed by atoms with van der Waals surface area (Å²) in [6.07, 6.45) is 3.64. The van der Waals surface area contributed by atoms with Crippen LogP contribution in [0.5, 0.6) is 0 Å². The van der Waals surface area contributed by atoms with Gasteiger partial charge in [0.05, 0.1) is 0 Å². The third kappa shape index (κ3) is 3.29. The summed E-state index contributed by atoms with van der Waals surface area (Å²) in [5, 5.41) is 0. The molecule has 0 saturated heterocycles. The Kier molecular flexibility index (Phi) is 6.62. The van der Waals surface area contributed by atoms with Crippen molar-refractivity contribution in [2.45, 2.75) is 34.1 Å². The molecule has 0 saturated carbocycles. The molecule has 0 fully saturated rings. The number of allylic oxidation sites excluding steroid dienone is 4. The van der Waals surface area contributed by atoms with Gasteiger partial charge in [0.2, 0.25) is 0 Å². The predicted octanol–water partition coefficient (Wildman–Crippen LogP) is 3.47. The molecule has 1 aliphatic carbocycles. The SMILES string of the molecule is CC(C)C1=CC[C]([Zr]([N](C)C)([N](C)C)[N](C)C)=C1C(C)C. The molecule has 0 spiro atoms. The van der Waals surface area contributed by atoms with Crippen LogP contribution in [-0.4, -0.2) is 50.8 Å². The van der Waals surface area contributed by atoms with Crippen molar-refractivity contribution in [3.05, 3.63) is 20.5 Å². The van der Waals surface area contributed by atoms with Crippen molar-refractivity contribution in [2.75, 3.05) is 42.3 Å². The summed E-state index contributed by atoms with van der Waals surface area (Å²) in [6, 6.07) is 0. The molecule has 0 aromatic carbocycles. The van der Waals surface area contributed by atoms with Gasteiger partial charge < -0.3 is 0 Å². The molecule has 0 aromatic rings. The molecule has 0 amide bonds. The Morgan fingerprint density at radius 2 is 1.24 bits per heavy atom. The van der Waals surface area contributed by atoms with E-state index in [1.807, 2.05) is 0 Å². The van der Waals surface area contributed by atoms with Crippen molar-refractivity contribution in [1.29, 1.82) is 0 Å². The van der Waals surface area contributed by atoms with Crippen LogP contribution in [0.25, 0.3) is 0 Å². The van der Waals surface area contributed by atoms with Gasteiger partial charge in [-0.2, -0.15) is 0 Å². The topological polar surface area (TPSA) is 9.72 Å². The molecule has 0 atom stereocenters. The maximum absolute atomic E-state index is 2.91. The Morgan fingerprint density at radius 3 is 1.52 bits per heavy atom. The van der Waals surface area contributed by atoms with Crippen LogP contribution in [-0.2, 0) is 21.1 Å². The van der Waals surface area contributed by atoms with Crippen molar-refractivity contribution < 1.29 is 21.1 Å². The van der Waals surface area contributed by atoms with E-state index in [0.29, 0.717) is 11.8 Å². The Bertz CT molecular complexity index is 410. The molecule has 0 aliphatic heterocycles. The van der Waals surface area contributed by atoms with Crippen LogP contribution < -0.4 is 0 Å². The molecule has 0 unspecified atom stereocenters. The summed E-state index contributed by atoms with van der Waals surface area (Å²) in [5.41, 5.74) is 3.24.